The topological polar surface area (TPSA) is 41.4 Å². The maximum atomic E-state index is 14.2. The molecule has 5 nitrogen and oxygen atoms in total. The molecule has 0 spiro atoms. The molecule has 1 aliphatic carbocycles. The lowest BCUT2D eigenvalue weighted by Gasteiger charge is -2.32. The molecule has 1 aliphatic rings. The molecule has 1 amide bonds. The van der Waals surface area contributed by atoms with Gasteiger partial charge in [-0.15, -0.1) is 0 Å². The van der Waals surface area contributed by atoms with E-state index in [0.29, 0.717) is 23.2 Å². The normalized spacial score (nSPS) is 19.1. The van der Waals surface area contributed by atoms with Crippen molar-refractivity contribution in [1.82, 2.24) is 19.4 Å². The number of halogens is 1. The molecule has 4 rings (SSSR count). The highest BCUT2D eigenvalue weighted by Gasteiger charge is 2.27. The standard InChI is InChI=1S/C26H33FN4O/c1-17(2)30(5)26(32)22-14-19(27)8-11-24(22)31-16-23(21-12-13-28-15-25(21)31)18-6-9-20(10-7-18)29(3)4/h8,11-18,20H,6-7,9-10H2,1-5H3/t18-,20-. The van der Waals surface area contributed by atoms with E-state index < -0.39 is 5.82 Å². The summed E-state index contributed by atoms with van der Waals surface area (Å²) in [6, 6.07) is 7.19. The lowest BCUT2D eigenvalue weighted by atomic mass is 9.81. The van der Waals surface area contributed by atoms with Gasteiger partial charge in [0.2, 0.25) is 0 Å². The summed E-state index contributed by atoms with van der Waals surface area (Å²) in [5, 5.41) is 1.16. The predicted octanol–water partition coefficient (Wildman–Crippen LogP) is 5.23. The monoisotopic (exact) mass is 436 g/mol. The molecular formula is C26H33FN4O. The molecule has 0 radical (unpaired) electrons. The molecule has 1 fully saturated rings. The average molecular weight is 437 g/mol. The molecule has 2 heterocycles. The highest BCUT2D eigenvalue weighted by molar-refractivity contribution is 5.99. The lowest BCUT2D eigenvalue weighted by molar-refractivity contribution is 0.0754. The minimum atomic E-state index is -0.411. The summed E-state index contributed by atoms with van der Waals surface area (Å²) in [5.41, 5.74) is 3.30. The largest absolute Gasteiger partial charge is 0.339 e. The number of hydrogen-bond donors (Lipinski definition) is 0. The summed E-state index contributed by atoms with van der Waals surface area (Å²) in [7, 11) is 6.07. The van der Waals surface area contributed by atoms with Crippen molar-refractivity contribution in [3.63, 3.8) is 0 Å². The van der Waals surface area contributed by atoms with Gasteiger partial charge in [-0.1, -0.05) is 0 Å². The summed E-state index contributed by atoms with van der Waals surface area (Å²) in [4.78, 5) is 21.5. The van der Waals surface area contributed by atoms with E-state index in [1.807, 2.05) is 30.8 Å². The van der Waals surface area contributed by atoms with E-state index >= 15 is 0 Å². The highest BCUT2D eigenvalue weighted by atomic mass is 19.1. The highest BCUT2D eigenvalue weighted by Crippen LogP contribution is 2.39. The van der Waals surface area contributed by atoms with Crippen molar-refractivity contribution in [2.45, 2.75) is 57.5 Å². The van der Waals surface area contributed by atoms with Crippen LogP contribution in [0.15, 0.2) is 42.9 Å². The number of pyridine rings is 1. The molecule has 2 aromatic heterocycles. The van der Waals surface area contributed by atoms with Crippen LogP contribution in [0.25, 0.3) is 16.6 Å². The molecule has 3 aromatic rings. The van der Waals surface area contributed by atoms with Gasteiger partial charge in [-0.25, -0.2) is 4.39 Å². The zero-order chi connectivity index (χ0) is 23.0. The van der Waals surface area contributed by atoms with Crippen molar-refractivity contribution < 1.29 is 9.18 Å². The molecule has 0 atom stereocenters. The van der Waals surface area contributed by atoms with Gasteiger partial charge >= 0.3 is 0 Å². The maximum Gasteiger partial charge on any atom is 0.256 e. The van der Waals surface area contributed by atoms with Crippen LogP contribution in [0.3, 0.4) is 0 Å². The van der Waals surface area contributed by atoms with E-state index in [2.05, 4.69) is 36.2 Å². The Balaban J connectivity index is 1.80. The summed E-state index contributed by atoms with van der Waals surface area (Å²) >= 11 is 0. The Morgan fingerprint density at radius 1 is 1.12 bits per heavy atom. The van der Waals surface area contributed by atoms with Gasteiger partial charge in [0.05, 0.1) is 23.0 Å². The average Bonchev–Trinajstić information content (AvgIpc) is 3.17. The van der Waals surface area contributed by atoms with Gasteiger partial charge in [-0.3, -0.25) is 9.78 Å². The Labute approximate surface area is 189 Å². The minimum Gasteiger partial charge on any atom is -0.339 e. The van der Waals surface area contributed by atoms with Crippen molar-refractivity contribution in [1.29, 1.82) is 0 Å². The Bertz CT molecular complexity index is 1110. The fourth-order valence-electron chi connectivity index (χ4n) is 4.84. The number of carbonyl (C=O) groups excluding carboxylic acids is 1. The second-order valence-electron chi connectivity index (χ2n) is 9.49. The number of benzene rings is 1. The molecule has 0 aliphatic heterocycles. The summed E-state index contributed by atoms with van der Waals surface area (Å²) in [6.45, 7) is 3.90. The molecule has 0 saturated heterocycles. The first-order chi connectivity index (χ1) is 15.3. The molecule has 0 bridgehead atoms. The van der Waals surface area contributed by atoms with E-state index in [4.69, 9.17) is 0 Å². The number of aromatic nitrogens is 2. The fraction of sp³-hybridized carbons (Fsp3) is 0.462. The van der Waals surface area contributed by atoms with Crippen LogP contribution in [0, 0.1) is 5.82 Å². The SMILES string of the molecule is CC(C)N(C)C(=O)c1cc(F)ccc1-n1cc([C@H]2CC[C@H](N(C)C)CC2)c2ccncc21. The van der Waals surface area contributed by atoms with Crippen molar-refractivity contribution in [2.75, 3.05) is 21.1 Å². The van der Waals surface area contributed by atoms with Crippen LogP contribution < -0.4 is 0 Å². The van der Waals surface area contributed by atoms with E-state index in [9.17, 15) is 9.18 Å². The van der Waals surface area contributed by atoms with Crippen LogP contribution in [0.5, 0.6) is 0 Å². The number of hydrogen-bond acceptors (Lipinski definition) is 3. The van der Waals surface area contributed by atoms with Gasteiger partial charge in [-0.05, 0) is 89.4 Å². The number of nitrogens with zero attached hydrogens (tertiary/aromatic N) is 4. The quantitative estimate of drug-likeness (QED) is 0.550. The van der Waals surface area contributed by atoms with Crippen LogP contribution in [0.4, 0.5) is 4.39 Å². The van der Waals surface area contributed by atoms with Crippen LogP contribution >= 0.6 is 0 Å². The van der Waals surface area contributed by atoms with Crippen LogP contribution in [-0.4, -0.2) is 58.5 Å². The van der Waals surface area contributed by atoms with Gasteiger partial charge in [0.25, 0.3) is 5.91 Å². The first-order valence-corrected chi connectivity index (χ1v) is 11.5. The molecule has 6 heteroatoms. The van der Waals surface area contributed by atoms with Crippen LogP contribution in [-0.2, 0) is 0 Å². The van der Waals surface area contributed by atoms with Crippen molar-refractivity contribution in [3.05, 3.63) is 59.8 Å². The minimum absolute atomic E-state index is 0.0177. The number of carbonyl (C=O) groups is 1. The van der Waals surface area contributed by atoms with Gasteiger partial charge < -0.3 is 14.4 Å². The smallest absolute Gasteiger partial charge is 0.256 e. The molecule has 32 heavy (non-hydrogen) atoms. The zero-order valence-corrected chi connectivity index (χ0v) is 19.7. The summed E-state index contributed by atoms with van der Waals surface area (Å²) < 4.78 is 16.2. The number of amides is 1. The van der Waals surface area contributed by atoms with Crippen molar-refractivity contribution >= 4 is 16.8 Å². The first-order valence-electron chi connectivity index (χ1n) is 11.5. The van der Waals surface area contributed by atoms with Crippen LogP contribution in [0.2, 0.25) is 0 Å². The molecular weight excluding hydrogens is 403 g/mol. The van der Waals surface area contributed by atoms with Gasteiger partial charge in [0.15, 0.2) is 0 Å². The van der Waals surface area contributed by atoms with Gasteiger partial charge in [-0.2, -0.15) is 0 Å². The zero-order valence-electron chi connectivity index (χ0n) is 19.7. The van der Waals surface area contributed by atoms with Crippen LogP contribution in [0.1, 0.15) is 61.4 Å². The Kier molecular flexibility index (Phi) is 6.33. The number of fused-ring (bicyclic) bond motifs is 1. The second kappa shape index (κ2) is 9.02. The Morgan fingerprint density at radius 3 is 2.50 bits per heavy atom. The number of rotatable bonds is 5. The summed E-state index contributed by atoms with van der Waals surface area (Å²) in [6.07, 6.45) is 10.4. The van der Waals surface area contributed by atoms with E-state index in [1.165, 1.54) is 30.5 Å². The Morgan fingerprint density at radius 2 is 1.84 bits per heavy atom. The third-order valence-corrected chi connectivity index (χ3v) is 7.05. The third kappa shape index (κ3) is 4.16. The molecule has 1 aromatic carbocycles. The molecule has 1 saturated carbocycles. The van der Waals surface area contributed by atoms with Crippen molar-refractivity contribution in [3.8, 4) is 5.69 Å². The predicted molar refractivity (Wildman–Crippen MR) is 127 cm³/mol. The van der Waals surface area contributed by atoms with Crippen molar-refractivity contribution in [2.24, 2.45) is 0 Å². The maximum absolute atomic E-state index is 14.2. The van der Waals surface area contributed by atoms with Gasteiger partial charge in [0, 0.05) is 36.9 Å². The molecule has 0 N–H and O–H groups in total. The third-order valence-electron chi connectivity index (χ3n) is 7.05. The molecule has 0 unspecified atom stereocenters. The summed E-state index contributed by atoms with van der Waals surface area (Å²) in [5.74, 6) is -0.130. The van der Waals surface area contributed by atoms with Gasteiger partial charge in [0.1, 0.15) is 5.82 Å². The molecule has 170 valence electrons. The Hall–Kier alpha value is -2.73. The van der Waals surface area contributed by atoms with E-state index in [0.717, 1.165) is 23.7 Å². The first kappa shape index (κ1) is 22.5. The second-order valence-corrected chi connectivity index (χ2v) is 9.49. The van der Waals surface area contributed by atoms with E-state index in [-0.39, 0.29) is 11.9 Å². The lowest BCUT2D eigenvalue weighted by Crippen LogP contribution is -2.33. The van der Waals surface area contributed by atoms with E-state index in [1.54, 1.807) is 18.0 Å². The fourth-order valence-corrected chi connectivity index (χ4v) is 4.84.